The van der Waals surface area contributed by atoms with Crippen molar-refractivity contribution in [3.05, 3.63) is 76.9 Å². The number of carboxylic acids is 1. The smallest absolute Gasteiger partial charge is 0.341 e. The summed E-state index contributed by atoms with van der Waals surface area (Å²) in [6.45, 7) is 5.81. The van der Waals surface area contributed by atoms with E-state index in [0.717, 1.165) is 73.3 Å². The number of carbonyl (C=O) groups excluding carboxylic acids is 1. The summed E-state index contributed by atoms with van der Waals surface area (Å²) in [6.07, 6.45) is 7.46. The van der Waals surface area contributed by atoms with E-state index >= 15 is 0 Å². The van der Waals surface area contributed by atoms with E-state index in [4.69, 9.17) is 14.6 Å². The molecule has 0 aliphatic heterocycles. The predicted molar refractivity (Wildman–Crippen MR) is 168 cm³/mol. The quantitative estimate of drug-likeness (QED) is 0.160. The lowest BCUT2D eigenvalue weighted by Gasteiger charge is -2.33. The largest absolute Gasteiger partial charge is 0.482 e. The van der Waals surface area contributed by atoms with Crippen molar-refractivity contribution in [3.63, 3.8) is 0 Å². The molecule has 3 aromatic rings. The number of aliphatic carboxylic acids is 1. The van der Waals surface area contributed by atoms with E-state index in [-0.39, 0.29) is 36.6 Å². The molecular weight excluding hydrogens is 540 g/mol. The van der Waals surface area contributed by atoms with Crippen LogP contribution < -0.4 is 4.74 Å². The molecule has 2 aliphatic carbocycles. The van der Waals surface area contributed by atoms with Gasteiger partial charge in [-0.3, -0.25) is 4.79 Å². The molecule has 43 heavy (non-hydrogen) atoms. The Kier molecular flexibility index (Phi) is 10.1. The molecule has 0 spiro atoms. The minimum absolute atomic E-state index is 0.165. The molecular formula is C37H46O6. The van der Waals surface area contributed by atoms with Gasteiger partial charge in [-0.05, 0) is 104 Å². The van der Waals surface area contributed by atoms with Gasteiger partial charge in [-0.1, -0.05) is 80.3 Å². The van der Waals surface area contributed by atoms with Crippen molar-refractivity contribution in [2.75, 3.05) is 6.61 Å². The van der Waals surface area contributed by atoms with Crippen LogP contribution in [-0.2, 0) is 27.2 Å². The number of carbonyl (C=O) groups is 2. The summed E-state index contributed by atoms with van der Waals surface area (Å²) in [5.74, 6) is -0.135. The van der Waals surface area contributed by atoms with Crippen molar-refractivity contribution in [1.29, 1.82) is 0 Å². The molecule has 0 aromatic heterocycles. The number of unbranched alkanes of at least 4 members (excludes halogenated alkanes) is 2. The minimum atomic E-state index is -0.993. The molecule has 3 aromatic carbocycles. The van der Waals surface area contributed by atoms with Gasteiger partial charge < -0.3 is 19.7 Å². The summed E-state index contributed by atoms with van der Waals surface area (Å²) in [4.78, 5) is 24.8. The SMILES string of the molecule is CCCCC[C@H](O)CC[C@@H]1[C@H]2Cc3cccc(OCC(=O)O)c3C[C@H]2C[C@H]1OC(=O)[C@@H](C)c1ccc2cc(C)ccc2c1. The van der Waals surface area contributed by atoms with E-state index in [1.807, 2.05) is 25.1 Å². The van der Waals surface area contributed by atoms with Gasteiger partial charge in [0.1, 0.15) is 11.9 Å². The van der Waals surface area contributed by atoms with Gasteiger partial charge in [0.25, 0.3) is 0 Å². The van der Waals surface area contributed by atoms with Gasteiger partial charge in [0.05, 0.1) is 12.0 Å². The van der Waals surface area contributed by atoms with Crippen LogP contribution in [0.1, 0.15) is 87.0 Å². The fourth-order valence-corrected chi connectivity index (χ4v) is 7.39. The molecule has 5 rings (SSSR count). The number of hydrogen-bond donors (Lipinski definition) is 2. The number of esters is 1. The number of fused-ring (bicyclic) bond motifs is 3. The van der Waals surface area contributed by atoms with Gasteiger partial charge in [-0.15, -0.1) is 0 Å². The van der Waals surface area contributed by atoms with Crippen molar-refractivity contribution in [2.24, 2.45) is 17.8 Å². The van der Waals surface area contributed by atoms with Gasteiger partial charge in [-0.2, -0.15) is 0 Å². The van der Waals surface area contributed by atoms with Crippen molar-refractivity contribution >= 4 is 22.7 Å². The number of carboxylic acid groups (broad SMARTS) is 1. The molecule has 1 saturated carbocycles. The minimum Gasteiger partial charge on any atom is -0.482 e. The third-order valence-corrected chi connectivity index (χ3v) is 9.79. The van der Waals surface area contributed by atoms with Crippen LogP contribution in [0, 0.1) is 24.7 Å². The lowest BCUT2D eigenvalue weighted by Crippen LogP contribution is -2.30. The third-order valence-electron chi connectivity index (χ3n) is 9.79. The Bertz CT molecular complexity index is 1430. The highest BCUT2D eigenvalue weighted by Crippen LogP contribution is 2.50. The van der Waals surface area contributed by atoms with Crippen LogP contribution in [0.4, 0.5) is 0 Å². The fourth-order valence-electron chi connectivity index (χ4n) is 7.39. The van der Waals surface area contributed by atoms with Crippen LogP contribution in [-0.4, -0.2) is 41.0 Å². The number of ether oxygens (including phenoxy) is 2. The summed E-state index contributed by atoms with van der Waals surface area (Å²) in [5, 5.41) is 22.2. The van der Waals surface area contributed by atoms with Crippen LogP contribution in [0.3, 0.4) is 0 Å². The van der Waals surface area contributed by atoms with Gasteiger partial charge in [0.2, 0.25) is 0 Å². The van der Waals surface area contributed by atoms with Gasteiger partial charge in [-0.25, -0.2) is 4.79 Å². The van der Waals surface area contributed by atoms with E-state index < -0.39 is 5.97 Å². The summed E-state index contributed by atoms with van der Waals surface area (Å²) in [6, 6.07) is 18.4. The van der Waals surface area contributed by atoms with Crippen molar-refractivity contribution in [3.8, 4) is 5.75 Å². The molecule has 0 saturated heterocycles. The van der Waals surface area contributed by atoms with E-state index in [1.54, 1.807) is 0 Å². The number of rotatable bonds is 13. The Hall–Kier alpha value is -3.38. The second kappa shape index (κ2) is 13.9. The van der Waals surface area contributed by atoms with Crippen molar-refractivity contribution < 1.29 is 29.3 Å². The first-order valence-corrected chi connectivity index (χ1v) is 16.1. The monoisotopic (exact) mass is 586 g/mol. The van der Waals surface area contributed by atoms with Crippen molar-refractivity contribution in [1.82, 2.24) is 0 Å². The Morgan fingerprint density at radius 2 is 1.79 bits per heavy atom. The Balaban J connectivity index is 1.33. The molecule has 6 atom stereocenters. The van der Waals surface area contributed by atoms with E-state index in [2.05, 4.69) is 50.2 Å². The molecule has 6 nitrogen and oxygen atoms in total. The predicted octanol–water partition coefficient (Wildman–Crippen LogP) is 7.40. The number of benzene rings is 3. The molecule has 0 unspecified atom stereocenters. The lowest BCUT2D eigenvalue weighted by molar-refractivity contribution is -0.153. The molecule has 2 aliphatic rings. The lowest BCUT2D eigenvalue weighted by atomic mass is 9.73. The van der Waals surface area contributed by atoms with E-state index in [1.165, 1.54) is 11.1 Å². The molecule has 230 valence electrons. The Labute approximate surface area is 255 Å². The number of aliphatic hydroxyl groups excluding tert-OH is 1. The average Bonchev–Trinajstić information content (AvgIpc) is 3.32. The van der Waals surface area contributed by atoms with Gasteiger partial charge in [0, 0.05) is 0 Å². The number of aliphatic hydroxyl groups is 1. The van der Waals surface area contributed by atoms with Crippen LogP contribution in [0.25, 0.3) is 10.8 Å². The molecule has 0 amide bonds. The molecule has 0 bridgehead atoms. The summed E-state index contributed by atoms with van der Waals surface area (Å²) < 4.78 is 12.0. The maximum absolute atomic E-state index is 13.6. The Morgan fingerprint density at radius 3 is 2.58 bits per heavy atom. The number of aryl methyl sites for hydroxylation is 1. The molecule has 2 N–H and O–H groups in total. The second-order valence-electron chi connectivity index (χ2n) is 12.8. The highest BCUT2D eigenvalue weighted by Gasteiger charge is 2.47. The molecule has 0 radical (unpaired) electrons. The standard InChI is InChI=1S/C37H46O6/c1-4-5-6-9-30(38)15-16-31-32-19-28-8-7-10-34(42-22-36(39)40)33(28)20-29(32)21-35(31)43-37(41)24(3)25-13-14-26-17-23(2)11-12-27(26)18-25/h7-8,10-14,17-18,24,29-32,35,38H,4-6,9,15-16,19-22H2,1-3H3,(H,39,40)/t24-,29-,30-,31+,32-,35+/m0/s1. The maximum Gasteiger partial charge on any atom is 0.341 e. The first-order valence-electron chi connectivity index (χ1n) is 16.1. The summed E-state index contributed by atoms with van der Waals surface area (Å²) in [7, 11) is 0. The van der Waals surface area contributed by atoms with Gasteiger partial charge in [0.15, 0.2) is 6.61 Å². The zero-order valence-electron chi connectivity index (χ0n) is 25.8. The topological polar surface area (TPSA) is 93.1 Å². The third kappa shape index (κ3) is 7.41. The highest BCUT2D eigenvalue weighted by molar-refractivity contribution is 5.86. The number of hydrogen-bond acceptors (Lipinski definition) is 5. The summed E-state index contributed by atoms with van der Waals surface area (Å²) >= 11 is 0. The molecule has 0 heterocycles. The average molecular weight is 587 g/mol. The highest BCUT2D eigenvalue weighted by atomic mass is 16.5. The Morgan fingerprint density at radius 1 is 1.00 bits per heavy atom. The normalized spacial score (nSPS) is 22.4. The zero-order valence-corrected chi connectivity index (χ0v) is 25.8. The van der Waals surface area contributed by atoms with E-state index in [0.29, 0.717) is 24.0 Å². The molecule has 1 fully saturated rings. The first kappa shape index (κ1) is 31.1. The van der Waals surface area contributed by atoms with Crippen LogP contribution >= 0.6 is 0 Å². The molecule has 6 heteroatoms. The maximum atomic E-state index is 13.6. The van der Waals surface area contributed by atoms with Crippen LogP contribution in [0.2, 0.25) is 0 Å². The zero-order chi connectivity index (χ0) is 30.5. The second-order valence-corrected chi connectivity index (χ2v) is 12.8. The van der Waals surface area contributed by atoms with Crippen LogP contribution in [0.15, 0.2) is 54.6 Å². The van der Waals surface area contributed by atoms with Crippen molar-refractivity contribution in [2.45, 2.75) is 96.7 Å². The fraction of sp³-hybridized carbons (Fsp3) is 0.514. The van der Waals surface area contributed by atoms with Crippen LogP contribution in [0.5, 0.6) is 5.75 Å². The van der Waals surface area contributed by atoms with Gasteiger partial charge >= 0.3 is 11.9 Å². The van der Waals surface area contributed by atoms with E-state index in [9.17, 15) is 14.7 Å². The first-order chi connectivity index (χ1) is 20.7. The summed E-state index contributed by atoms with van der Waals surface area (Å²) in [5.41, 5.74) is 4.42.